The quantitative estimate of drug-likeness (QED) is 0.854. The number of methoxy groups -OCH3 is 1. The molecule has 1 aromatic heterocycles. The zero-order valence-corrected chi connectivity index (χ0v) is 13.3. The number of para-hydroxylation sites is 2. The highest BCUT2D eigenvalue weighted by atomic mass is 16.5. The maximum Gasteiger partial charge on any atom is 0.258 e. The third-order valence-electron chi connectivity index (χ3n) is 3.50. The minimum Gasteiger partial charge on any atom is -0.493 e. The summed E-state index contributed by atoms with van der Waals surface area (Å²) in [5, 5.41) is 2.86. The van der Waals surface area contributed by atoms with Gasteiger partial charge in [-0.25, -0.2) is 0 Å². The third-order valence-corrected chi connectivity index (χ3v) is 3.50. The van der Waals surface area contributed by atoms with Crippen LogP contribution in [0, 0.1) is 13.8 Å². The summed E-state index contributed by atoms with van der Waals surface area (Å²) in [5.74, 6) is 1.04. The molecule has 0 saturated carbocycles. The van der Waals surface area contributed by atoms with Gasteiger partial charge in [-0.2, -0.15) is 0 Å². The van der Waals surface area contributed by atoms with Gasteiger partial charge in [0.1, 0.15) is 0 Å². The predicted octanol–water partition coefficient (Wildman–Crippen LogP) is 2.31. The van der Waals surface area contributed by atoms with Gasteiger partial charge in [0, 0.05) is 24.5 Å². The molecule has 1 aromatic carbocycles. The summed E-state index contributed by atoms with van der Waals surface area (Å²) >= 11 is 0. The Labute approximate surface area is 130 Å². The van der Waals surface area contributed by atoms with Crippen LogP contribution in [0.5, 0.6) is 11.5 Å². The summed E-state index contributed by atoms with van der Waals surface area (Å²) in [5.41, 5.74) is 2.38. The first kappa shape index (κ1) is 15.9. The molecule has 118 valence electrons. The second kappa shape index (κ2) is 7.54. The number of amides is 1. The number of carbonyl (C=O) groups excluding carboxylic acids is 1. The summed E-state index contributed by atoms with van der Waals surface area (Å²) in [4.78, 5) is 11.8. The zero-order chi connectivity index (χ0) is 15.9. The van der Waals surface area contributed by atoms with Gasteiger partial charge in [-0.1, -0.05) is 12.1 Å². The van der Waals surface area contributed by atoms with E-state index >= 15 is 0 Å². The van der Waals surface area contributed by atoms with Crippen LogP contribution >= 0.6 is 0 Å². The van der Waals surface area contributed by atoms with E-state index in [1.54, 1.807) is 19.2 Å². The van der Waals surface area contributed by atoms with Crippen LogP contribution in [0.1, 0.15) is 11.4 Å². The van der Waals surface area contributed by atoms with Gasteiger partial charge in [0.25, 0.3) is 5.91 Å². The van der Waals surface area contributed by atoms with Crippen LogP contribution in [-0.2, 0) is 11.3 Å². The third kappa shape index (κ3) is 4.04. The molecule has 0 fully saturated rings. The van der Waals surface area contributed by atoms with Crippen molar-refractivity contribution in [2.45, 2.75) is 20.4 Å². The highest BCUT2D eigenvalue weighted by Crippen LogP contribution is 2.25. The van der Waals surface area contributed by atoms with Crippen molar-refractivity contribution in [2.24, 2.45) is 0 Å². The van der Waals surface area contributed by atoms with E-state index < -0.39 is 0 Å². The summed E-state index contributed by atoms with van der Waals surface area (Å²) in [6.07, 6.45) is 0. The van der Waals surface area contributed by atoms with Crippen molar-refractivity contribution in [1.82, 2.24) is 9.88 Å². The normalized spacial score (nSPS) is 10.3. The lowest BCUT2D eigenvalue weighted by Gasteiger charge is -2.12. The fourth-order valence-corrected chi connectivity index (χ4v) is 2.29. The number of aromatic nitrogens is 1. The predicted molar refractivity (Wildman–Crippen MR) is 85.4 cm³/mol. The highest BCUT2D eigenvalue weighted by molar-refractivity contribution is 5.77. The molecule has 1 amide bonds. The topological polar surface area (TPSA) is 52.5 Å². The number of nitrogens with zero attached hydrogens (tertiary/aromatic N) is 1. The van der Waals surface area contributed by atoms with Crippen molar-refractivity contribution in [1.29, 1.82) is 0 Å². The molecule has 2 rings (SSSR count). The summed E-state index contributed by atoms with van der Waals surface area (Å²) in [6.45, 7) is 5.42. The minimum atomic E-state index is -0.145. The van der Waals surface area contributed by atoms with Crippen LogP contribution in [0.2, 0.25) is 0 Å². The lowest BCUT2D eigenvalue weighted by molar-refractivity contribution is -0.123. The molecule has 22 heavy (non-hydrogen) atoms. The van der Waals surface area contributed by atoms with E-state index in [2.05, 4.69) is 35.9 Å². The van der Waals surface area contributed by atoms with Crippen molar-refractivity contribution in [3.63, 3.8) is 0 Å². The Morgan fingerprint density at radius 1 is 1.09 bits per heavy atom. The Morgan fingerprint density at radius 3 is 2.36 bits per heavy atom. The molecule has 0 aliphatic carbocycles. The van der Waals surface area contributed by atoms with Crippen LogP contribution in [0.3, 0.4) is 0 Å². The number of carbonyl (C=O) groups is 1. The van der Waals surface area contributed by atoms with E-state index in [1.807, 2.05) is 12.1 Å². The van der Waals surface area contributed by atoms with Gasteiger partial charge in [0.2, 0.25) is 0 Å². The Kier molecular flexibility index (Phi) is 5.47. The molecule has 0 unspecified atom stereocenters. The van der Waals surface area contributed by atoms with Gasteiger partial charge >= 0.3 is 0 Å². The first-order chi connectivity index (χ1) is 10.6. The Balaban J connectivity index is 1.77. The molecule has 0 spiro atoms. The van der Waals surface area contributed by atoms with Crippen molar-refractivity contribution >= 4 is 5.91 Å². The Morgan fingerprint density at radius 2 is 1.73 bits per heavy atom. The van der Waals surface area contributed by atoms with E-state index in [9.17, 15) is 4.79 Å². The van der Waals surface area contributed by atoms with Gasteiger partial charge < -0.3 is 19.4 Å². The van der Waals surface area contributed by atoms with Crippen LogP contribution in [0.4, 0.5) is 0 Å². The second-order valence-corrected chi connectivity index (χ2v) is 5.06. The van der Waals surface area contributed by atoms with E-state index in [4.69, 9.17) is 9.47 Å². The van der Waals surface area contributed by atoms with E-state index in [0.717, 1.165) is 6.54 Å². The van der Waals surface area contributed by atoms with Gasteiger partial charge in [-0.15, -0.1) is 0 Å². The molecule has 0 bridgehead atoms. The van der Waals surface area contributed by atoms with E-state index in [1.165, 1.54) is 11.4 Å². The first-order valence-electron chi connectivity index (χ1n) is 7.27. The molecule has 1 N–H and O–H groups in total. The van der Waals surface area contributed by atoms with Gasteiger partial charge in [0.15, 0.2) is 18.1 Å². The number of aryl methyl sites for hydroxylation is 2. The maximum absolute atomic E-state index is 11.8. The number of benzene rings is 1. The molecule has 0 aliphatic rings. The Bertz CT molecular complexity index is 615. The molecule has 2 aromatic rings. The largest absolute Gasteiger partial charge is 0.493 e. The zero-order valence-electron chi connectivity index (χ0n) is 13.3. The summed E-state index contributed by atoms with van der Waals surface area (Å²) in [6, 6.07) is 11.4. The van der Waals surface area contributed by atoms with Gasteiger partial charge in [0.05, 0.1) is 7.11 Å². The molecule has 0 atom stereocenters. The Hall–Kier alpha value is -2.43. The lowest BCUT2D eigenvalue weighted by atomic mass is 10.3. The standard InChI is InChI=1S/C17H22N2O3/c1-13-8-9-14(2)19(13)11-10-18-17(20)12-22-16-7-5-4-6-15(16)21-3/h4-9H,10-12H2,1-3H3,(H,18,20). The summed E-state index contributed by atoms with van der Waals surface area (Å²) < 4.78 is 12.8. The lowest BCUT2D eigenvalue weighted by Crippen LogP contribution is -2.31. The second-order valence-electron chi connectivity index (χ2n) is 5.06. The number of ether oxygens (including phenoxy) is 2. The number of rotatable bonds is 7. The number of hydrogen-bond donors (Lipinski definition) is 1. The van der Waals surface area contributed by atoms with E-state index in [-0.39, 0.29) is 12.5 Å². The molecule has 5 heteroatoms. The monoisotopic (exact) mass is 302 g/mol. The van der Waals surface area contributed by atoms with Crippen LogP contribution in [0.25, 0.3) is 0 Å². The van der Waals surface area contributed by atoms with Crippen LogP contribution in [0.15, 0.2) is 36.4 Å². The minimum absolute atomic E-state index is 0.0238. The van der Waals surface area contributed by atoms with Gasteiger partial charge in [-0.05, 0) is 38.1 Å². The average Bonchev–Trinajstić information content (AvgIpc) is 2.85. The summed E-state index contributed by atoms with van der Waals surface area (Å²) in [7, 11) is 1.57. The van der Waals surface area contributed by atoms with Crippen molar-refractivity contribution in [3.8, 4) is 11.5 Å². The molecule has 5 nitrogen and oxygen atoms in total. The number of hydrogen-bond acceptors (Lipinski definition) is 3. The van der Waals surface area contributed by atoms with Crippen molar-refractivity contribution in [3.05, 3.63) is 47.8 Å². The highest BCUT2D eigenvalue weighted by Gasteiger charge is 2.07. The SMILES string of the molecule is COc1ccccc1OCC(=O)NCCn1c(C)ccc1C. The average molecular weight is 302 g/mol. The molecule has 0 aliphatic heterocycles. The molecule has 0 radical (unpaired) electrons. The maximum atomic E-state index is 11.8. The van der Waals surface area contributed by atoms with E-state index in [0.29, 0.717) is 18.0 Å². The number of nitrogens with one attached hydrogen (secondary N) is 1. The van der Waals surface area contributed by atoms with Crippen LogP contribution in [-0.4, -0.2) is 30.7 Å². The fraction of sp³-hybridized carbons (Fsp3) is 0.353. The van der Waals surface area contributed by atoms with Gasteiger partial charge in [-0.3, -0.25) is 4.79 Å². The van der Waals surface area contributed by atoms with Crippen molar-refractivity contribution in [2.75, 3.05) is 20.3 Å². The first-order valence-corrected chi connectivity index (χ1v) is 7.27. The molecule has 0 saturated heterocycles. The molecular weight excluding hydrogens is 280 g/mol. The molecular formula is C17H22N2O3. The molecule has 1 heterocycles. The smallest absolute Gasteiger partial charge is 0.258 e. The van der Waals surface area contributed by atoms with Crippen LogP contribution < -0.4 is 14.8 Å². The van der Waals surface area contributed by atoms with Crippen molar-refractivity contribution < 1.29 is 14.3 Å². The fourth-order valence-electron chi connectivity index (χ4n) is 2.29.